The number of hydrogen-bond donors (Lipinski definition) is 2. The summed E-state index contributed by atoms with van der Waals surface area (Å²) in [6, 6.07) is 16.5. The van der Waals surface area contributed by atoms with E-state index in [-0.39, 0.29) is 11.8 Å². The minimum atomic E-state index is -0.549. The van der Waals surface area contributed by atoms with Crippen LogP contribution in [0, 0.1) is 5.92 Å². The zero-order valence-corrected chi connectivity index (χ0v) is 21.3. The largest absolute Gasteiger partial charge is 0.489 e. The van der Waals surface area contributed by atoms with Crippen molar-refractivity contribution in [3.05, 3.63) is 65.2 Å². The van der Waals surface area contributed by atoms with Gasteiger partial charge in [0.05, 0.1) is 6.42 Å². The van der Waals surface area contributed by atoms with E-state index in [1.165, 1.54) is 16.7 Å². The van der Waals surface area contributed by atoms with Crippen LogP contribution in [0.5, 0.6) is 5.75 Å². The lowest BCUT2D eigenvalue weighted by Crippen LogP contribution is -2.41. The number of nitrogens with zero attached hydrogens (tertiary/aromatic N) is 1. The summed E-state index contributed by atoms with van der Waals surface area (Å²) in [4.78, 5) is 31.8. The molecule has 0 spiro atoms. The molecule has 2 aromatic rings. The number of hydroxylamine groups is 1. The first-order valence-corrected chi connectivity index (χ1v) is 13.3. The molecule has 0 radical (unpaired) electrons. The molecular formula is C28H36N2O4S. The number of nitrogens with one attached hydrogen (secondary N) is 1. The number of Topliss-reactive ketones (excluding diaryl/α,β-unsaturated/α-hetero) is 1. The van der Waals surface area contributed by atoms with Crippen LogP contribution in [-0.4, -0.2) is 48.1 Å². The number of likely N-dealkylation sites (tertiary alicyclic amines) is 1. The van der Waals surface area contributed by atoms with Gasteiger partial charge in [0, 0.05) is 30.2 Å². The summed E-state index contributed by atoms with van der Waals surface area (Å²) in [7, 11) is 0. The van der Waals surface area contributed by atoms with Crippen LogP contribution in [0.25, 0.3) is 0 Å². The molecule has 0 saturated carbocycles. The first-order valence-electron chi connectivity index (χ1n) is 12.7. The molecule has 0 aromatic heterocycles. The molecular weight excluding hydrogens is 460 g/mol. The Hall–Kier alpha value is -2.35. The van der Waals surface area contributed by atoms with Gasteiger partial charge >= 0.3 is 5.97 Å². The van der Waals surface area contributed by atoms with E-state index in [0.717, 1.165) is 38.1 Å². The average molecular weight is 497 g/mol. The molecule has 2 atom stereocenters. The zero-order valence-electron chi connectivity index (χ0n) is 20.4. The highest BCUT2D eigenvalue weighted by atomic mass is 32.1. The third kappa shape index (κ3) is 6.46. The van der Waals surface area contributed by atoms with Crippen molar-refractivity contribution in [3.63, 3.8) is 0 Å². The molecule has 1 unspecified atom stereocenters. The summed E-state index contributed by atoms with van der Waals surface area (Å²) in [6.07, 6.45) is 3.64. The van der Waals surface area contributed by atoms with Crippen LogP contribution in [-0.2, 0) is 21.0 Å². The van der Waals surface area contributed by atoms with E-state index in [4.69, 9.17) is 9.57 Å². The van der Waals surface area contributed by atoms with Gasteiger partial charge in [0.1, 0.15) is 18.4 Å². The second kappa shape index (κ2) is 12.6. The fourth-order valence-corrected chi connectivity index (χ4v) is 5.52. The topological polar surface area (TPSA) is 67.9 Å². The van der Waals surface area contributed by atoms with E-state index in [9.17, 15) is 9.59 Å². The Morgan fingerprint density at radius 3 is 2.54 bits per heavy atom. The van der Waals surface area contributed by atoms with Crippen molar-refractivity contribution in [2.45, 2.75) is 57.6 Å². The van der Waals surface area contributed by atoms with Gasteiger partial charge in [-0.2, -0.15) is 12.6 Å². The van der Waals surface area contributed by atoms with Gasteiger partial charge in [-0.25, -0.2) is 0 Å². The standard InChI is InChI=1S/C28H36N2O4S/c1-2-7-25(31)24(19-35)29-34-27(32)14-17-30-15-12-20(13-16-30)28-22-9-4-3-8-21(22)18-33-26-11-6-5-10-23(26)28/h3-6,8-11,20,24,28-29,35H,2,7,12-19H2,1H3/t24-,28?/m0/s1. The lowest BCUT2D eigenvalue weighted by atomic mass is 9.75. The van der Waals surface area contributed by atoms with Gasteiger partial charge in [0.2, 0.25) is 0 Å². The molecule has 0 amide bonds. The number of hydrogen-bond acceptors (Lipinski definition) is 7. The summed E-state index contributed by atoms with van der Waals surface area (Å²) in [6.45, 7) is 5.10. The van der Waals surface area contributed by atoms with E-state index in [1.54, 1.807) is 0 Å². The minimum Gasteiger partial charge on any atom is -0.489 e. The van der Waals surface area contributed by atoms with Gasteiger partial charge in [-0.15, -0.1) is 5.48 Å². The number of fused-ring (bicyclic) bond motifs is 2. The molecule has 7 heteroatoms. The van der Waals surface area contributed by atoms with Crippen LogP contribution >= 0.6 is 12.6 Å². The highest BCUT2D eigenvalue weighted by Crippen LogP contribution is 2.44. The fraction of sp³-hybridized carbons (Fsp3) is 0.500. The van der Waals surface area contributed by atoms with Gasteiger partial charge in [-0.3, -0.25) is 9.59 Å². The van der Waals surface area contributed by atoms with Crippen molar-refractivity contribution in [3.8, 4) is 5.75 Å². The number of piperidine rings is 1. The smallest absolute Gasteiger partial charge is 0.326 e. The number of para-hydroxylation sites is 1. The van der Waals surface area contributed by atoms with Crippen molar-refractivity contribution in [1.29, 1.82) is 0 Å². The molecule has 6 nitrogen and oxygen atoms in total. The summed E-state index contributed by atoms with van der Waals surface area (Å²) in [5, 5.41) is 0. The summed E-state index contributed by atoms with van der Waals surface area (Å²) >= 11 is 4.19. The van der Waals surface area contributed by atoms with E-state index in [1.807, 2.05) is 13.0 Å². The maximum Gasteiger partial charge on any atom is 0.326 e. The second-order valence-electron chi connectivity index (χ2n) is 9.48. The van der Waals surface area contributed by atoms with Crippen molar-refractivity contribution in [1.82, 2.24) is 10.4 Å². The monoisotopic (exact) mass is 496 g/mol. The Labute approximate surface area is 213 Å². The minimum absolute atomic E-state index is 0.0180. The molecule has 188 valence electrons. The highest BCUT2D eigenvalue weighted by Gasteiger charge is 2.33. The summed E-state index contributed by atoms with van der Waals surface area (Å²) in [5.41, 5.74) is 6.53. The number of carbonyl (C=O) groups is 2. The number of carbonyl (C=O) groups excluding carboxylic acids is 2. The predicted molar refractivity (Wildman–Crippen MR) is 140 cm³/mol. The van der Waals surface area contributed by atoms with Gasteiger partial charge in [0.25, 0.3) is 0 Å². The highest BCUT2D eigenvalue weighted by molar-refractivity contribution is 7.80. The van der Waals surface area contributed by atoms with Gasteiger partial charge in [0.15, 0.2) is 5.78 Å². The molecule has 2 aliphatic rings. The summed E-state index contributed by atoms with van der Waals surface area (Å²) in [5.74, 6) is 1.81. The van der Waals surface area contributed by atoms with Gasteiger partial charge in [-0.05, 0) is 55.5 Å². The molecule has 2 heterocycles. The lowest BCUT2D eigenvalue weighted by molar-refractivity contribution is -0.154. The molecule has 1 fully saturated rings. The van der Waals surface area contributed by atoms with Crippen LogP contribution < -0.4 is 10.2 Å². The SMILES string of the molecule is CCCC(=O)[C@H](CS)NOC(=O)CCN1CCC(C2c3ccccc3COc3ccccc32)CC1. The zero-order chi connectivity index (χ0) is 24.6. The molecule has 4 rings (SSSR count). The second-order valence-corrected chi connectivity index (χ2v) is 9.84. The fourth-order valence-electron chi connectivity index (χ4n) is 5.24. The normalized spacial score (nSPS) is 19.1. The molecule has 2 aliphatic heterocycles. The van der Waals surface area contributed by atoms with Crippen molar-refractivity contribution >= 4 is 24.4 Å². The number of ether oxygens (including phenoxy) is 1. The van der Waals surface area contributed by atoms with Crippen molar-refractivity contribution in [2.75, 3.05) is 25.4 Å². The summed E-state index contributed by atoms with van der Waals surface area (Å²) < 4.78 is 6.16. The Morgan fingerprint density at radius 2 is 1.80 bits per heavy atom. The molecule has 1 saturated heterocycles. The van der Waals surface area contributed by atoms with Gasteiger partial charge in [-0.1, -0.05) is 49.4 Å². The van der Waals surface area contributed by atoms with Crippen LogP contribution in [0.1, 0.15) is 61.6 Å². The van der Waals surface area contributed by atoms with Crippen molar-refractivity contribution in [2.24, 2.45) is 5.92 Å². The average Bonchev–Trinajstić information content (AvgIpc) is 3.05. The maximum absolute atomic E-state index is 12.2. The maximum atomic E-state index is 12.2. The Bertz CT molecular complexity index is 958. The first kappa shape index (κ1) is 25.7. The third-order valence-electron chi connectivity index (χ3n) is 7.15. The van der Waals surface area contributed by atoms with E-state index in [0.29, 0.717) is 43.6 Å². The number of rotatable bonds is 10. The molecule has 0 bridgehead atoms. The predicted octanol–water partition coefficient (Wildman–Crippen LogP) is 4.53. The molecule has 2 aromatic carbocycles. The number of ketones is 1. The molecule has 0 aliphatic carbocycles. The Kier molecular flexibility index (Phi) is 9.24. The van der Waals surface area contributed by atoms with E-state index < -0.39 is 6.04 Å². The lowest BCUT2D eigenvalue weighted by Gasteiger charge is -2.36. The molecule has 35 heavy (non-hydrogen) atoms. The van der Waals surface area contributed by atoms with Crippen LogP contribution in [0.15, 0.2) is 48.5 Å². The van der Waals surface area contributed by atoms with E-state index in [2.05, 4.69) is 65.5 Å². The Morgan fingerprint density at radius 1 is 1.09 bits per heavy atom. The Balaban J connectivity index is 1.31. The van der Waals surface area contributed by atoms with Crippen molar-refractivity contribution < 1.29 is 19.2 Å². The molecule has 1 N–H and O–H groups in total. The van der Waals surface area contributed by atoms with Crippen LogP contribution in [0.4, 0.5) is 0 Å². The third-order valence-corrected chi connectivity index (χ3v) is 7.51. The number of benzene rings is 2. The van der Waals surface area contributed by atoms with Gasteiger partial charge < -0.3 is 14.5 Å². The van der Waals surface area contributed by atoms with Crippen LogP contribution in [0.3, 0.4) is 0 Å². The van der Waals surface area contributed by atoms with E-state index >= 15 is 0 Å². The van der Waals surface area contributed by atoms with Crippen LogP contribution in [0.2, 0.25) is 0 Å². The quantitative estimate of drug-likeness (QED) is 0.372. The first-order chi connectivity index (χ1) is 17.1. The number of thiol groups is 1.